The van der Waals surface area contributed by atoms with Gasteiger partial charge in [0.25, 0.3) is 0 Å². The summed E-state index contributed by atoms with van der Waals surface area (Å²) in [7, 11) is 3.97. The summed E-state index contributed by atoms with van der Waals surface area (Å²) in [5.41, 5.74) is 0. The van der Waals surface area contributed by atoms with E-state index in [-0.39, 0.29) is 11.9 Å². The SMILES string of the molecule is CCCN(CCN(C)C)C(=O)[C@H]1C[C@H](F)CN1. The maximum atomic E-state index is 13.1. The summed E-state index contributed by atoms with van der Waals surface area (Å²) in [6.45, 7) is 4.67. The molecule has 1 aliphatic rings. The molecule has 0 aromatic heterocycles. The molecule has 1 rings (SSSR count). The quantitative estimate of drug-likeness (QED) is 0.739. The van der Waals surface area contributed by atoms with Gasteiger partial charge in [-0.25, -0.2) is 4.39 Å². The highest BCUT2D eigenvalue weighted by Gasteiger charge is 2.31. The Bertz CT molecular complexity index is 248. The second kappa shape index (κ2) is 6.91. The molecule has 1 amide bonds. The Labute approximate surface area is 103 Å². The van der Waals surface area contributed by atoms with Gasteiger partial charge in [0.05, 0.1) is 6.04 Å². The summed E-state index contributed by atoms with van der Waals surface area (Å²) >= 11 is 0. The summed E-state index contributed by atoms with van der Waals surface area (Å²) < 4.78 is 13.1. The summed E-state index contributed by atoms with van der Waals surface area (Å²) in [5.74, 6) is 0.0499. The summed E-state index contributed by atoms with van der Waals surface area (Å²) in [6, 6.07) is -0.321. The molecule has 0 aromatic rings. The lowest BCUT2D eigenvalue weighted by atomic mass is 10.2. The van der Waals surface area contributed by atoms with E-state index < -0.39 is 6.17 Å². The lowest BCUT2D eigenvalue weighted by molar-refractivity contribution is -0.133. The molecule has 1 aliphatic heterocycles. The second-order valence-corrected chi connectivity index (χ2v) is 4.92. The highest BCUT2D eigenvalue weighted by Crippen LogP contribution is 2.12. The van der Waals surface area contributed by atoms with Crippen molar-refractivity contribution in [1.82, 2.24) is 15.1 Å². The molecule has 4 nitrogen and oxygen atoms in total. The van der Waals surface area contributed by atoms with Crippen LogP contribution in [0.25, 0.3) is 0 Å². The first-order chi connectivity index (χ1) is 8.04. The van der Waals surface area contributed by atoms with Crippen LogP contribution >= 0.6 is 0 Å². The fourth-order valence-corrected chi connectivity index (χ4v) is 2.02. The molecule has 1 N–H and O–H groups in total. The van der Waals surface area contributed by atoms with Crippen LogP contribution in [0.2, 0.25) is 0 Å². The van der Waals surface area contributed by atoms with E-state index in [1.807, 2.05) is 19.0 Å². The summed E-state index contributed by atoms with van der Waals surface area (Å²) in [4.78, 5) is 16.1. The Balaban J connectivity index is 2.47. The van der Waals surface area contributed by atoms with E-state index in [0.29, 0.717) is 13.0 Å². The van der Waals surface area contributed by atoms with Gasteiger partial charge in [-0.2, -0.15) is 0 Å². The van der Waals surface area contributed by atoms with Crippen LogP contribution in [0.5, 0.6) is 0 Å². The fourth-order valence-electron chi connectivity index (χ4n) is 2.02. The van der Waals surface area contributed by atoms with Crippen molar-refractivity contribution in [3.05, 3.63) is 0 Å². The molecule has 1 fully saturated rings. The first-order valence-corrected chi connectivity index (χ1v) is 6.35. The number of halogens is 1. The monoisotopic (exact) mass is 245 g/mol. The molecule has 0 bridgehead atoms. The van der Waals surface area contributed by atoms with Crippen LogP contribution in [0.3, 0.4) is 0 Å². The molecule has 2 atom stereocenters. The largest absolute Gasteiger partial charge is 0.340 e. The second-order valence-electron chi connectivity index (χ2n) is 4.92. The number of nitrogens with one attached hydrogen (secondary N) is 1. The zero-order valence-electron chi connectivity index (χ0n) is 11.1. The maximum Gasteiger partial charge on any atom is 0.239 e. The number of carbonyl (C=O) groups excluding carboxylic acids is 1. The number of likely N-dealkylation sites (N-methyl/N-ethyl adjacent to an activating group) is 1. The Morgan fingerprint density at radius 2 is 2.06 bits per heavy atom. The highest BCUT2D eigenvalue weighted by molar-refractivity contribution is 5.82. The molecule has 17 heavy (non-hydrogen) atoms. The van der Waals surface area contributed by atoms with E-state index in [1.54, 1.807) is 0 Å². The third-order valence-electron chi connectivity index (χ3n) is 3.00. The number of hydrogen-bond acceptors (Lipinski definition) is 3. The molecule has 0 radical (unpaired) electrons. The van der Waals surface area contributed by atoms with Crippen molar-refractivity contribution in [3.63, 3.8) is 0 Å². The molecule has 0 aromatic carbocycles. The van der Waals surface area contributed by atoms with E-state index in [1.165, 1.54) is 0 Å². The van der Waals surface area contributed by atoms with Crippen molar-refractivity contribution in [2.24, 2.45) is 0 Å². The molecule has 100 valence electrons. The average molecular weight is 245 g/mol. The van der Waals surface area contributed by atoms with Crippen molar-refractivity contribution in [2.75, 3.05) is 40.3 Å². The van der Waals surface area contributed by atoms with Crippen LogP contribution < -0.4 is 5.32 Å². The van der Waals surface area contributed by atoms with E-state index in [0.717, 1.165) is 26.1 Å². The molecule has 0 aliphatic carbocycles. The number of amides is 1. The van der Waals surface area contributed by atoms with Gasteiger partial charge in [0.2, 0.25) is 5.91 Å². The van der Waals surface area contributed by atoms with Gasteiger partial charge in [0.1, 0.15) is 6.17 Å². The van der Waals surface area contributed by atoms with Gasteiger partial charge < -0.3 is 15.1 Å². The molecule has 1 heterocycles. The van der Waals surface area contributed by atoms with E-state index in [4.69, 9.17) is 0 Å². The molecule has 1 saturated heterocycles. The number of nitrogens with zero attached hydrogens (tertiary/aromatic N) is 2. The standard InChI is InChI=1S/C12H24FN3O/c1-4-5-16(7-6-15(2)3)12(17)11-8-10(13)9-14-11/h10-11,14H,4-9H2,1-3H3/t10-,11+/m0/s1. The Morgan fingerprint density at radius 1 is 1.35 bits per heavy atom. The van der Waals surface area contributed by atoms with Gasteiger partial charge in [-0.3, -0.25) is 4.79 Å². The predicted octanol–water partition coefficient (Wildman–Crippen LogP) is 0.487. The third kappa shape index (κ3) is 4.60. The minimum absolute atomic E-state index is 0.0499. The predicted molar refractivity (Wildman–Crippen MR) is 66.7 cm³/mol. The maximum absolute atomic E-state index is 13.1. The third-order valence-corrected chi connectivity index (χ3v) is 3.00. The summed E-state index contributed by atoms with van der Waals surface area (Å²) in [5, 5.41) is 2.95. The molecular formula is C12H24FN3O. The molecular weight excluding hydrogens is 221 g/mol. The topological polar surface area (TPSA) is 35.6 Å². The Morgan fingerprint density at radius 3 is 2.53 bits per heavy atom. The van der Waals surface area contributed by atoms with Crippen LogP contribution in [0, 0.1) is 0 Å². The van der Waals surface area contributed by atoms with Crippen molar-refractivity contribution in [1.29, 1.82) is 0 Å². The van der Waals surface area contributed by atoms with Gasteiger partial charge in [-0.05, 0) is 20.5 Å². The van der Waals surface area contributed by atoms with Gasteiger partial charge >= 0.3 is 0 Å². The van der Waals surface area contributed by atoms with Gasteiger partial charge in [-0.1, -0.05) is 6.92 Å². The number of carbonyl (C=O) groups is 1. The van der Waals surface area contributed by atoms with E-state index in [2.05, 4.69) is 17.1 Å². The smallest absolute Gasteiger partial charge is 0.239 e. The molecule has 0 unspecified atom stereocenters. The van der Waals surface area contributed by atoms with Crippen LogP contribution in [0.15, 0.2) is 0 Å². The van der Waals surface area contributed by atoms with Gasteiger partial charge in [0.15, 0.2) is 0 Å². The molecule has 0 spiro atoms. The zero-order chi connectivity index (χ0) is 12.8. The van der Waals surface area contributed by atoms with Crippen molar-refractivity contribution >= 4 is 5.91 Å². The Hall–Kier alpha value is -0.680. The van der Waals surface area contributed by atoms with Crippen LogP contribution in [0.4, 0.5) is 4.39 Å². The number of hydrogen-bond donors (Lipinski definition) is 1. The number of rotatable bonds is 6. The van der Waals surface area contributed by atoms with Crippen molar-refractivity contribution in [2.45, 2.75) is 32.0 Å². The van der Waals surface area contributed by atoms with Gasteiger partial charge in [-0.15, -0.1) is 0 Å². The average Bonchev–Trinajstić information content (AvgIpc) is 2.70. The van der Waals surface area contributed by atoms with Crippen molar-refractivity contribution in [3.8, 4) is 0 Å². The summed E-state index contributed by atoms with van der Waals surface area (Å²) in [6.07, 6.45) is 0.382. The van der Waals surface area contributed by atoms with E-state index >= 15 is 0 Å². The lowest BCUT2D eigenvalue weighted by Crippen LogP contribution is -2.46. The molecule has 0 saturated carbocycles. The fraction of sp³-hybridized carbons (Fsp3) is 0.917. The molecule has 5 heteroatoms. The lowest BCUT2D eigenvalue weighted by Gasteiger charge is -2.26. The first kappa shape index (κ1) is 14.4. The minimum atomic E-state index is -0.874. The first-order valence-electron chi connectivity index (χ1n) is 6.35. The van der Waals surface area contributed by atoms with Crippen LogP contribution in [-0.4, -0.2) is 68.2 Å². The minimum Gasteiger partial charge on any atom is -0.340 e. The highest BCUT2D eigenvalue weighted by atomic mass is 19.1. The Kier molecular flexibility index (Phi) is 5.85. The van der Waals surface area contributed by atoms with Gasteiger partial charge in [0, 0.05) is 32.6 Å². The van der Waals surface area contributed by atoms with E-state index in [9.17, 15) is 9.18 Å². The normalized spacial score (nSPS) is 24.3. The van der Waals surface area contributed by atoms with Crippen LogP contribution in [0.1, 0.15) is 19.8 Å². The van der Waals surface area contributed by atoms with Crippen molar-refractivity contribution < 1.29 is 9.18 Å². The zero-order valence-corrected chi connectivity index (χ0v) is 11.1. The van der Waals surface area contributed by atoms with Crippen LogP contribution in [-0.2, 0) is 4.79 Å². The number of alkyl halides is 1.